The van der Waals surface area contributed by atoms with E-state index < -0.39 is 5.97 Å². The van der Waals surface area contributed by atoms with Gasteiger partial charge in [0.05, 0.1) is 0 Å². The van der Waals surface area contributed by atoms with Gasteiger partial charge in [0, 0.05) is 12.0 Å². The minimum absolute atomic E-state index is 0.102. The lowest BCUT2D eigenvalue weighted by molar-refractivity contribution is 0.0693. The quantitative estimate of drug-likeness (QED) is 0.275. The summed E-state index contributed by atoms with van der Waals surface area (Å²) in [6, 6.07) is 4.64. The molecule has 0 spiro atoms. The second-order valence-corrected chi connectivity index (χ2v) is 7.30. The Labute approximate surface area is 165 Å². The zero-order valence-electron chi connectivity index (χ0n) is 16.9. The molecule has 27 heavy (non-hydrogen) atoms. The van der Waals surface area contributed by atoms with Gasteiger partial charge in [-0.2, -0.15) is 0 Å². The lowest BCUT2D eigenvalue weighted by Gasteiger charge is -2.02. The molecule has 0 heterocycles. The molecule has 2 N–H and O–H groups in total. The molecule has 0 aromatic heterocycles. The van der Waals surface area contributed by atoms with Crippen molar-refractivity contribution in [1.82, 2.24) is 0 Å². The van der Waals surface area contributed by atoms with Gasteiger partial charge < -0.3 is 10.2 Å². The Bertz CT molecular complexity index is 595. The maximum atomic E-state index is 11.2. The first-order valence-corrected chi connectivity index (χ1v) is 10.7. The van der Waals surface area contributed by atoms with Crippen molar-refractivity contribution in [2.45, 2.75) is 96.8 Å². The zero-order valence-corrected chi connectivity index (χ0v) is 16.9. The van der Waals surface area contributed by atoms with Gasteiger partial charge in [-0.05, 0) is 18.6 Å². The second-order valence-electron chi connectivity index (χ2n) is 7.30. The Hall–Kier alpha value is -1.95. The lowest BCUT2D eigenvalue weighted by atomic mass is 10.0. The SMILES string of the molecule is CCCCCCCCCCCCCCCC#Cc1cccc(O)c1C(=O)O. The first-order valence-electron chi connectivity index (χ1n) is 10.7. The number of hydrogen-bond acceptors (Lipinski definition) is 2. The highest BCUT2D eigenvalue weighted by molar-refractivity contribution is 5.93. The van der Waals surface area contributed by atoms with Crippen LogP contribution in [0.2, 0.25) is 0 Å². The van der Waals surface area contributed by atoms with Crippen LogP contribution in [-0.4, -0.2) is 16.2 Å². The Morgan fingerprint density at radius 1 is 0.852 bits per heavy atom. The van der Waals surface area contributed by atoms with Crippen LogP contribution in [0.5, 0.6) is 5.75 Å². The Kier molecular flexibility index (Phi) is 12.9. The largest absolute Gasteiger partial charge is 0.507 e. The van der Waals surface area contributed by atoms with Crippen LogP contribution in [0.1, 0.15) is 113 Å². The number of rotatable bonds is 14. The van der Waals surface area contributed by atoms with Crippen LogP contribution in [0.4, 0.5) is 0 Å². The number of carboxylic acid groups (broad SMARTS) is 1. The molecule has 0 aliphatic rings. The summed E-state index contributed by atoms with van der Waals surface area (Å²) in [6.45, 7) is 2.26. The molecule has 0 saturated carbocycles. The number of phenols is 1. The van der Waals surface area contributed by atoms with Gasteiger partial charge >= 0.3 is 5.97 Å². The van der Waals surface area contributed by atoms with E-state index >= 15 is 0 Å². The highest BCUT2D eigenvalue weighted by Crippen LogP contribution is 2.20. The van der Waals surface area contributed by atoms with Crippen molar-refractivity contribution in [3.8, 4) is 17.6 Å². The van der Waals surface area contributed by atoms with Crippen molar-refractivity contribution in [1.29, 1.82) is 0 Å². The van der Waals surface area contributed by atoms with Crippen molar-refractivity contribution in [2.75, 3.05) is 0 Å². The molecule has 1 rings (SSSR count). The summed E-state index contributed by atoms with van der Waals surface area (Å²) < 4.78 is 0. The number of carboxylic acids is 1. The number of unbranched alkanes of at least 4 members (excludes halogenated alkanes) is 13. The third-order valence-electron chi connectivity index (χ3n) is 4.88. The van der Waals surface area contributed by atoms with Gasteiger partial charge in [0.1, 0.15) is 11.3 Å². The van der Waals surface area contributed by atoms with E-state index in [1.807, 2.05) is 0 Å². The second kappa shape index (κ2) is 15.1. The Morgan fingerprint density at radius 3 is 1.89 bits per heavy atom. The summed E-state index contributed by atoms with van der Waals surface area (Å²) in [7, 11) is 0. The zero-order chi connectivity index (χ0) is 19.7. The first-order chi connectivity index (χ1) is 13.2. The fraction of sp³-hybridized carbons (Fsp3) is 0.625. The lowest BCUT2D eigenvalue weighted by Crippen LogP contribution is -2.00. The molecule has 0 aliphatic heterocycles. The molecule has 0 saturated heterocycles. The number of aromatic hydroxyl groups is 1. The van der Waals surface area contributed by atoms with Crippen molar-refractivity contribution >= 4 is 5.97 Å². The van der Waals surface area contributed by atoms with E-state index in [-0.39, 0.29) is 11.3 Å². The normalized spacial score (nSPS) is 10.4. The molecule has 0 atom stereocenters. The molecular weight excluding hydrogens is 336 g/mol. The molecule has 1 aromatic carbocycles. The maximum absolute atomic E-state index is 11.2. The molecule has 0 unspecified atom stereocenters. The summed E-state index contributed by atoms with van der Waals surface area (Å²) in [5.41, 5.74) is 0.285. The van der Waals surface area contributed by atoms with Crippen LogP contribution in [0, 0.1) is 11.8 Å². The standard InChI is InChI=1S/C24H36O3/c1-2-3-4-5-6-7-8-9-10-11-12-13-14-15-16-18-21-19-17-20-22(25)23(21)24(26)27/h17,19-20,25H,2-15H2,1H3,(H,26,27). The van der Waals surface area contributed by atoms with Crippen molar-refractivity contribution in [2.24, 2.45) is 0 Å². The fourth-order valence-electron chi connectivity index (χ4n) is 3.26. The molecule has 0 amide bonds. The minimum Gasteiger partial charge on any atom is -0.507 e. The van der Waals surface area contributed by atoms with Crippen LogP contribution >= 0.6 is 0 Å². The van der Waals surface area contributed by atoms with E-state index in [0.29, 0.717) is 5.56 Å². The first kappa shape index (κ1) is 23.1. The Balaban J connectivity index is 2.04. The highest BCUT2D eigenvalue weighted by atomic mass is 16.4. The fourth-order valence-corrected chi connectivity index (χ4v) is 3.26. The molecule has 0 fully saturated rings. The molecule has 0 aliphatic carbocycles. The number of aromatic carboxylic acids is 1. The molecule has 0 bridgehead atoms. The van der Waals surface area contributed by atoms with Gasteiger partial charge in [0.15, 0.2) is 0 Å². The van der Waals surface area contributed by atoms with E-state index in [0.717, 1.165) is 12.8 Å². The summed E-state index contributed by atoms with van der Waals surface area (Å²) in [6.07, 6.45) is 18.0. The topological polar surface area (TPSA) is 57.5 Å². The van der Waals surface area contributed by atoms with Gasteiger partial charge in [-0.25, -0.2) is 4.79 Å². The molecular formula is C24H36O3. The third kappa shape index (κ3) is 10.7. The molecule has 0 radical (unpaired) electrons. The minimum atomic E-state index is -1.14. The van der Waals surface area contributed by atoms with Crippen LogP contribution in [-0.2, 0) is 0 Å². The van der Waals surface area contributed by atoms with Gasteiger partial charge in [-0.3, -0.25) is 0 Å². The predicted octanol–water partition coefficient (Wildman–Crippen LogP) is 6.92. The van der Waals surface area contributed by atoms with Gasteiger partial charge in [-0.15, -0.1) is 0 Å². The van der Waals surface area contributed by atoms with Gasteiger partial charge in [-0.1, -0.05) is 102 Å². The summed E-state index contributed by atoms with van der Waals surface area (Å²) >= 11 is 0. The van der Waals surface area contributed by atoms with Crippen molar-refractivity contribution < 1.29 is 15.0 Å². The average molecular weight is 373 g/mol. The summed E-state index contributed by atoms with van der Waals surface area (Å²) in [5, 5.41) is 18.8. The van der Waals surface area contributed by atoms with Crippen LogP contribution in [0.25, 0.3) is 0 Å². The van der Waals surface area contributed by atoms with Gasteiger partial charge in [0.25, 0.3) is 0 Å². The van der Waals surface area contributed by atoms with Crippen LogP contribution in [0.15, 0.2) is 18.2 Å². The molecule has 3 nitrogen and oxygen atoms in total. The van der Waals surface area contributed by atoms with E-state index in [4.69, 9.17) is 5.11 Å². The van der Waals surface area contributed by atoms with Gasteiger partial charge in [0.2, 0.25) is 0 Å². The maximum Gasteiger partial charge on any atom is 0.340 e. The molecule has 150 valence electrons. The number of benzene rings is 1. The van der Waals surface area contributed by atoms with E-state index in [9.17, 15) is 9.90 Å². The number of carbonyl (C=O) groups is 1. The van der Waals surface area contributed by atoms with Crippen molar-refractivity contribution in [3.63, 3.8) is 0 Å². The average Bonchev–Trinajstić information content (AvgIpc) is 2.64. The molecule has 3 heteroatoms. The third-order valence-corrected chi connectivity index (χ3v) is 4.88. The van der Waals surface area contributed by atoms with Crippen molar-refractivity contribution in [3.05, 3.63) is 29.3 Å². The number of hydrogen-bond donors (Lipinski definition) is 2. The van der Waals surface area contributed by atoms with Crippen LogP contribution in [0.3, 0.4) is 0 Å². The monoisotopic (exact) mass is 372 g/mol. The smallest absolute Gasteiger partial charge is 0.340 e. The van der Waals surface area contributed by atoms with Crippen LogP contribution < -0.4 is 0 Å². The predicted molar refractivity (Wildman–Crippen MR) is 112 cm³/mol. The molecule has 1 aromatic rings. The Morgan fingerprint density at radius 2 is 1.37 bits per heavy atom. The van der Waals surface area contributed by atoms with E-state index in [2.05, 4.69) is 18.8 Å². The van der Waals surface area contributed by atoms with E-state index in [1.165, 1.54) is 83.1 Å². The van der Waals surface area contributed by atoms with E-state index in [1.54, 1.807) is 12.1 Å². The summed E-state index contributed by atoms with van der Waals surface area (Å²) in [4.78, 5) is 11.2. The summed E-state index contributed by atoms with van der Waals surface area (Å²) in [5.74, 6) is 4.56. The highest BCUT2D eigenvalue weighted by Gasteiger charge is 2.13.